The quantitative estimate of drug-likeness (QED) is 0.865. The molecule has 1 fully saturated rings. The van der Waals surface area contributed by atoms with E-state index in [4.69, 9.17) is 4.74 Å². The van der Waals surface area contributed by atoms with Crippen molar-refractivity contribution in [1.29, 1.82) is 0 Å². The van der Waals surface area contributed by atoms with Crippen molar-refractivity contribution in [1.82, 2.24) is 9.55 Å². The summed E-state index contributed by atoms with van der Waals surface area (Å²) in [7, 11) is 0. The zero-order valence-corrected chi connectivity index (χ0v) is 10.9. The molecule has 2 aliphatic heterocycles. The van der Waals surface area contributed by atoms with E-state index in [1.807, 2.05) is 4.57 Å². The van der Waals surface area contributed by atoms with Crippen molar-refractivity contribution in [3.05, 3.63) is 42.1 Å². The van der Waals surface area contributed by atoms with Gasteiger partial charge in [0.1, 0.15) is 5.82 Å². The van der Waals surface area contributed by atoms with Crippen LogP contribution in [0, 0.1) is 11.7 Å². The van der Waals surface area contributed by atoms with Crippen molar-refractivity contribution < 1.29 is 14.2 Å². The highest BCUT2D eigenvalue weighted by atomic mass is 19.1. The summed E-state index contributed by atoms with van der Waals surface area (Å²) in [5.74, 6) is -0.214. The SMILES string of the molecule is O[C@@H]1COCC[C@H]1[C@H]1c2cc(F)ccc2-c2cncn21. The first-order valence-corrected chi connectivity index (χ1v) is 6.83. The number of fused-ring (bicyclic) bond motifs is 3. The van der Waals surface area contributed by atoms with Crippen LogP contribution in [0.4, 0.5) is 4.39 Å². The van der Waals surface area contributed by atoms with E-state index < -0.39 is 6.10 Å². The minimum absolute atomic E-state index is 0.0275. The lowest BCUT2D eigenvalue weighted by Crippen LogP contribution is -2.37. The third-order valence-corrected chi connectivity index (χ3v) is 4.36. The molecule has 5 heteroatoms. The Bertz CT molecular complexity index is 655. The average Bonchev–Trinajstić information content (AvgIpc) is 3.00. The summed E-state index contributed by atoms with van der Waals surface area (Å²) in [6.45, 7) is 0.975. The van der Waals surface area contributed by atoms with Crippen molar-refractivity contribution in [2.24, 2.45) is 5.92 Å². The van der Waals surface area contributed by atoms with Crippen LogP contribution in [0.3, 0.4) is 0 Å². The van der Waals surface area contributed by atoms with Gasteiger partial charge in [-0.1, -0.05) is 0 Å². The Kier molecular flexibility index (Phi) is 2.65. The highest BCUT2D eigenvalue weighted by Gasteiger charge is 2.39. The Morgan fingerprint density at radius 1 is 1.40 bits per heavy atom. The number of nitrogens with zero attached hydrogens (tertiary/aromatic N) is 2. The standard InChI is InChI=1S/C15H15FN2O2/c16-9-1-2-10-12(5-9)15(18-8-17-6-13(10)18)11-3-4-20-7-14(11)19/h1-2,5-6,8,11,14-15,19H,3-4,7H2/t11-,14-,15+/m1/s1. The fourth-order valence-corrected chi connectivity index (χ4v) is 3.44. The molecule has 3 heterocycles. The maximum Gasteiger partial charge on any atom is 0.123 e. The van der Waals surface area contributed by atoms with Gasteiger partial charge in [0.05, 0.1) is 37.0 Å². The number of imidazole rings is 1. The molecule has 4 nitrogen and oxygen atoms in total. The molecule has 2 aromatic rings. The molecule has 1 aromatic carbocycles. The van der Waals surface area contributed by atoms with Crippen LogP contribution in [0.15, 0.2) is 30.7 Å². The number of ether oxygens (including phenoxy) is 1. The predicted molar refractivity (Wildman–Crippen MR) is 70.7 cm³/mol. The average molecular weight is 274 g/mol. The van der Waals surface area contributed by atoms with Crippen LogP contribution < -0.4 is 0 Å². The molecule has 1 saturated heterocycles. The van der Waals surface area contributed by atoms with Crippen molar-refractivity contribution in [2.45, 2.75) is 18.6 Å². The first-order chi connectivity index (χ1) is 9.75. The summed E-state index contributed by atoms with van der Waals surface area (Å²) in [6, 6.07) is 4.79. The van der Waals surface area contributed by atoms with Crippen LogP contribution >= 0.6 is 0 Å². The Balaban J connectivity index is 1.85. The number of benzene rings is 1. The number of halogens is 1. The fraction of sp³-hybridized carbons (Fsp3) is 0.400. The largest absolute Gasteiger partial charge is 0.390 e. The van der Waals surface area contributed by atoms with Crippen molar-refractivity contribution in [3.63, 3.8) is 0 Å². The maximum absolute atomic E-state index is 13.6. The highest BCUT2D eigenvalue weighted by molar-refractivity contribution is 5.69. The summed E-state index contributed by atoms with van der Waals surface area (Å²) in [6.07, 6.45) is 3.79. The summed E-state index contributed by atoms with van der Waals surface area (Å²) in [5.41, 5.74) is 2.93. The van der Waals surface area contributed by atoms with E-state index in [1.54, 1.807) is 24.7 Å². The van der Waals surface area contributed by atoms with E-state index in [0.717, 1.165) is 23.2 Å². The van der Waals surface area contributed by atoms with Crippen LogP contribution in [0.5, 0.6) is 0 Å². The lowest BCUT2D eigenvalue weighted by Gasteiger charge is -2.33. The smallest absolute Gasteiger partial charge is 0.123 e. The number of rotatable bonds is 1. The first kappa shape index (κ1) is 12.1. The Morgan fingerprint density at radius 2 is 2.30 bits per heavy atom. The third kappa shape index (κ3) is 1.63. The Hall–Kier alpha value is -1.72. The summed E-state index contributed by atoms with van der Waals surface area (Å²) in [5, 5.41) is 10.2. The highest BCUT2D eigenvalue weighted by Crippen LogP contribution is 2.45. The van der Waals surface area contributed by atoms with Crippen LogP contribution in [-0.4, -0.2) is 34.0 Å². The second-order valence-corrected chi connectivity index (χ2v) is 5.46. The second-order valence-electron chi connectivity index (χ2n) is 5.46. The van der Waals surface area contributed by atoms with Gasteiger partial charge in [0, 0.05) is 18.1 Å². The molecule has 0 saturated carbocycles. The molecular weight excluding hydrogens is 259 g/mol. The minimum Gasteiger partial charge on any atom is -0.390 e. The molecule has 3 atom stereocenters. The minimum atomic E-state index is -0.529. The molecule has 0 aliphatic carbocycles. The first-order valence-electron chi connectivity index (χ1n) is 6.83. The van der Waals surface area contributed by atoms with E-state index in [-0.39, 0.29) is 17.8 Å². The summed E-state index contributed by atoms with van der Waals surface area (Å²) in [4.78, 5) is 4.19. The van der Waals surface area contributed by atoms with Crippen molar-refractivity contribution >= 4 is 0 Å². The van der Waals surface area contributed by atoms with Gasteiger partial charge in [0.15, 0.2) is 0 Å². The van der Waals surface area contributed by atoms with Crippen LogP contribution in [0.2, 0.25) is 0 Å². The number of aromatic nitrogens is 2. The molecule has 20 heavy (non-hydrogen) atoms. The lowest BCUT2D eigenvalue weighted by atomic mass is 9.85. The Morgan fingerprint density at radius 3 is 3.15 bits per heavy atom. The van der Waals surface area contributed by atoms with E-state index in [2.05, 4.69) is 4.98 Å². The topological polar surface area (TPSA) is 47.3 Å². The molecule has 1 aromatic heterocycles. The van der Waals surface area contributed by atoms with E-state index in [1.165, 1.54) is 6.07 Å². The maximum atomic E-state index is 13.6. The fourth-order valence-electron chi connectivity index (χ4n) is 3.44. The molecular formula is C15H15FN2O2. The van der Waals surface area contributed by atoms with Gasteiger partial charge in [-0.3, -0.25) is 0 Å². The normalized spacial score (nSPS) is 28.2. The van der Waals surface area contributed by atoms with Crippen molar-refractivity contribution in [2.75, 3.05) is 13.2 Å². The van der Waals surface area contributed by atoms with E-state index in [9.17, 15) is 9.50 Å². The van der Waals surface area contributed by atoms with Crippen molar-refractivity contribution in [3.8, 4) is 11.3 Å². The van der Waals surface area contributed by atoms with Crippen LogP contribution in [-0.2, 0) is 4.74 Å². The van der Waals surface area contributed by atoms with Gasteiger partial charge in [-0.15, -0.1) is 0 Å². The molecule has 0 radical (unpaired) electrons. The zero-order chi connectivity index (χ0) is 13.7. The monoisotopic (exact) mass is 274 g/mol. The number of hydrogen-bond acceptors (Lipinski definition) is 3. The molecule has 104 valence electrons. The summed E-state index contributed by atoms with van der Waals surface area (Å²) < 4.78 is 21.0. The molecule has 0 spiro atoms. The molecule has 0 unspecified atom stereocenters. The van der Waals surface area contributed by atoms with Gasteiger partial charge in [0.2, 0.25) is 0 Å². The predicted octanol–water partition coefficient (Wildman–Crippen LogP) is 1.99. The van der Waals surface area contributed by atoms with Crippen LogP contribution in [0.1, 0.15) is 18.0 Å². The second kappa shape index (κ2) is 4.40. The number of aliphatic hydroxyl groups is 1. The van der Waals surface area contributed by atoms with Gasteiger partial charge in [-0.2, -0.15) is 0 Å². The van der Waals surface area contributed by atoms with Gasteiger partial charge in [-0.25, -0.2) is 9.37 Å². The van der Waals surface area contributed by atoms with Crippen LogP contribution in [0.25, 0.3) is 11.3 Å². The number of hydrogen-bond donors (Lipinski definition) is 1. The molecule has 0 amide bonds. The zero-order valence-electron chi connectivity index (χ0n) is 10.9. The molecule has 4 rings (SSSR count). The molecule has 0 bridgehead atoms. The molecule has 1 N–H and O–H groups in total. The number of aliphatic hydroxyl groups excluding tert-OH is 1. The Labute approximate surface area is 115 Å². The lowest BCUT2D eigenvalue weighted by molar-refractivity contribution is -0.0540. The van der Waals surface area contributed by atoms with Gasteiger partial charge in [-0.05, 0) is 30.2 Å². The third-order valence-electron chi connectivity index (χ3n) is 4.36. The van der Waals surface area contributed by atoms with Gasteiger partial charge >= 0.3 is 0 Å². The van der Waals surface area contributed by atoms with Gasteiger partial charge < -0.3 is 14.4 Å². The molecule has 2 aliphatic rings. The van der Waals surface area contributed by atoms with Gasteiger partial charge in [0.25, 0.3) is 0 Å². The van der Waals surface area contributed by atoms with E-state index >= 15 is 0 Å². The summed E-state index contributed by atoms with van der Waals surface area (Å²) >= 11 is 0. The van der Waals surface area contributed by atoms with E-state index in [0.29, 0.717) is 13.2 Å².